The van der Waals surface area contributed by atoms with E-state index in [9.17, 15) is 4.39 Å². The maximum absolute atomic E-state index is 13.1. The Morgan fingerprint density at radius 1 is 1.50 bits per heavy atom. The zero-order chi connectivity index (χ0) is 11.4. The average Bonchev–Trinajstić information content (AvgIpc) is 2.67. The highest BCUT2D eigenvalue weighted by Crippen LogP contribution is 2.32. The molecule has 88 valence electrons. The predicted octanol–water partition coefficient (Wildman–Crippen LogP) is 1.99. The van der Waals surface area contributed by atoms with Gasteiger partial charge in [-0.15, -0.1) is 0 Å². The van der Waals surface area contributed by atoms with Crippen LogP contribution in [-0.2, 0) is 11.2 Å². The van der Waals surface area contributed by atoms with E-state index >= 15 is 0 Å². The maximum atomic E-state index is 13.1. The van der Waals surface area contributed by atoms with E-state index in [0.29, 0.717) is 0 Å². The van der Waals surface area contributed by atoms with E-state index < -0.39 is 0 Å². The quantitative estimate of drug-likeness (QED) is 0.843. The minimum Gasteiger partial charge on any atom is -0.381 e. The second-order valence-electron chi connectivity index (χ2n) is 4.64. The Hall–Kier alpha value is -0.930. The molecule has 0 aromatic heterocycles. The first-order chi connectivity index (χ1) is 7.74. The molecule has 0 radical (unpaired) electrons. The SMILES string of the molecule is CNCC1(Cc2cccc(F)c2)CCOC1. The first-order valence-corrected chi connectivity index (χ1v) is 5.71. The molecular formula is C13H18FNO. The van der Waals surface area contributed by atoms with Crippen LogP contribution in [0.15, 0.2) is 24.3 Å². The van der Waals surface area contributed by atoms with Gasteiger partial charge in [-0.25, -0.2) is 4.39 Å². The van der Waals surface area contributed by atoms with Gasteiger partial charge in [-0.2, -0.15) is 0 Å². The lowest BCUT2D eigenvalue weighted by atomic mass is 9.81. The largest absolute Gasteiger partial charge is 0.381 e. The molecule has 1 unspecified atom stereocenters. The molecule has 0 amide bonds. The fourth-order valence-electron chi connectivity index (χ4n) is 2.45. The van der Waals surface area contributed by atoms with Gasteiger partial charge < -0.3 is 10.1 Å². The zero-order valence-corrected chi connectivity index (χ0v) is 9.63. The first-order valence-electron chi connectivity index (χ1n) is 5.71. The number of halogens is 1. The van der Waals surface area contributed by atoms with E-state index in [1.54, 1.807) is 12.1 Å². The summed E-state index contributed by atoms with van der Waals surface area (Å²) in [5.41, 5.74) is 1.20. The van der Waals surface area contributed by atoms with Gasteiger partial charge >= 0.3 is 0 Å². The van der Waals surface area contributed by atoms with Crippen LogP contribution >= 0.6 is 0 Å². The summed E-state index contributed by atoms with van der Waals surface area (Å²) in [5.74, 6) is -0.156. The molecule has 0 saturated carbocycles. The molecular weight excluding hydrogens is 205 g/mol. The molecule has 1 N–H and O–H groups in total. The molecule has 0 spiro atoms. The molecule has 1 saturated heterocycles. The molecule has 1 heterocycles. The number of hydrogen-bond donors (Lipinski definition) is 1. The van der Waals surface area contributed by atoms with Crippen LogP contribution in [0.1, 0.15) is 12.0 Å². The number of nitrogens with one attached hydrogen (secondary N) is 1. The third kappa shape index (κ3) is 2.60. The molecule has 16 heavy (non-hydrogen) atoms. The van der Waals surface area contributed by atoms with Gasteiger partial charge in [0, 0.05) is 18.6 Å². The van der Waals surface area contributed by atoms with Crippen LogP contribution in [0.5, 0.6) is 0 Å². The normalized spacial score (nSPS) is 24.9. The van der Waals surface area contributed by atoms with Gasteiger partial charge in [-0.05, 0) is 37.6 Å². The highest BCUT2D eigenvalue weighted by molar-refractivity contribution is 5.18. The summed E-state index contributed by atoms with van der Waals surface area (Å²) >= 11 is 0. The summed E-state index contributed by atoms with van der Waals surface area (Å²) in [7, 11) is 1.95. The summed E-state index contributed by atoms with van der Waals surface area (Å²) in [6, 6.07) is 6.86. The molecule has 1 aliphatic heterocycles. The molecule has 3 heteroatoms. The monoisotopic (exact) mass is 223 g/mol. The Labute approximate surface area is 95.8 Å². The van der Waals surface area contributed by atoms with Crippen LogP contribution in [0, 0.1) is 11.2 Å². The smallest absolute Gasteiger partial charge is 0.123 e. The lowest BCUT2D eigenvalue weighted by Crippen LogP contribution is -2.35. The van der Waals surface area contributed by atoms with E-state index in [1.807, 2.05) is 13.1 Å². The van der Waals surface area contributed by atoms with Crippen LogP contribution in [0.2, 0.25) is 0 Å². The summed E-state index contributed by atoms with van der Waals surface area (Å²) in [4.78, 5) is 0. The predicted molar refractivity (Wildman–Crippen MR) is 61.9 cm³/mol. The van der Waals surface area contributed by atoms with Crippen LogP contribution in [0.25, 0.3) is 0 Å². The summed E-state index contributed by atoms with van der Waals surface area (Å²) in [5, 5.41) is 3.21. The zero-order valence-electron chi connectivity index (χ0n) is 9.63. The van der Waals surface area contributed by atoms with Gasteiger partial charge in [-0.3, -0.25) is 0 Å². The summed E-state index contributed by atoms with van der Waals surface area (Å²) in [6.45, 7) is 2.50. The molecule has 0 aliphatic carbocycles. The highest BCUT2D eigenvalue weighted by Gasteiger charge is 2.34. The standard InChI is InChI=1S/C13H18FNO/c1-15-9-13(5-6-16-10-13)8-11-3-2-4-12(14)7-11/h2-4,7,15H,5-6,8-10H2,1H3. The van der Waals surface area contributed by atoms with Crippen molar-refractivity contribution in [2.45, 2.75) is 12.8 Å². The number of benzene rings is 1. The van der Waals surface area contributed by atoms with E-state index in [4.69, 9.17) is 4.74 Å². The number of rotatable bonds is 4. The van der Waals surface area contributed by atoms with E-state index in [1.165, 1.54) is 6.07 Å². The maximum Gasteiger partial charge on any atom is 0.123 e. The van der Waals surface area contributed by atoms with Gasteiger partial charge in [0.1, 0.15) is 5.82 Å². The molecule has 2 nitrogen and oxygen atoms in total. The molecule has 0 bridgehead atoms. The van der Waals surface area contributed by atoms with E-state index in [2.05, 4.69) is 5.32 Å². The van der Waals surface area contributed by atoms with Crippen molar-refractivity contribution in [1.29, 1.82) is 0 Å². The van der Waals surface area contributed by atoms with E-state index in [-0.39, 0.29) is 11.2 Å². The van der Waals surface area contributed by atoms with Crippen molar-refractivity contribution < 1.29 is 9.13 Å². The lowest BCUT2D eigenvalue weighted by Gasteiger charge is -2.27. The van der Waals surface area contributed by atoms with Gasteiger partial charge in [0.25, 0.3) is 0 Å². The topological polar surface area (TPSA) is 21.3 Å². The summed E-state index contributed by atoms with van der Waals surface area (Å²) < 4.78 is 18.6. The minimum atomic E-state index is -0.156. The molecule has 1 aromatic carbocycles. The van der Waals surface area contributed by atoms with Gasteiger partial charge in [-0.1, -0.05) is 12.1 Å². The molecule has 1 fully saturated rings. The molecule has 2 rings (SSSR count). The molecule has 1 atom stereocenters. The highest BCUT2D eigenvalue weighted by atomic mass is 19.1. The molecule has 1 aromatic rings. The Balaban J connectivity index is 2.11. The fraction of sp³-hybridized carbons (Fsp3) is 0.538. The first kappa shape index (κ1) is 11.6. The second-order valence-corrected chi connectivity index (χ2v) is 4.64. The van der Waals surface area contributed by atoms with Gasteiger partial charge in [0.15, 0.2) is 0 Å². The van der Waals surface area contributed by atoms with Gasteiger partial charge in [0.05, 0.1) is 6.61 Å². The number of ether oxygens (including phenoxy) is 1. The fourth-order valence-corrected chi connectivity index (χ4v) is 2.45. The van der Waals surface area contributed by atoms with E-state index in [0.717, 1.165) is 38.2 Å². The van der Waals surface area contributed by atoms with Crippen molar-refractivity contribution in [1.82, 2.24) is 5.32 Å². The Morgan fingerprint density at radius 3 is 3.00 bits per heavy atom. The Bertz CT molecular complexity index is 348. The van der Waals surface area contributed by atoms with Gasteiger partial charge in [0.2, 0.25) is 0 Å². The number of hydrogen-bond acceptors (Lipinski definition) is 2. The minimum absolute atomic E-state index is 0.141. The summed E-state index contributed by atoms with van der Waals surface area (Å²) in [6.07, 6.45) is 1.93. The van der Waals surface area contributed by atoms with Crippen LogP contribution < -0.4 is 5.32 Å². The third-order valence-electron chi connectivity index (χ3n) is 3.20. The van der Waals surface area contributed by atoms with Crippen molar-refractivity contribution in [3.8, 4) is 0 Å². The Kier molecular flexibility index (Phi) is 3.56. The van der Waals surface area contributed by atoms with Crippen molar-refractivity contribution in [3.63, 3.8) is 0 Å². The second kappa shape index (κ2) is 4.93. The molecule has 1 aliphatic rings. The van der Waals surface area contributed by atoms with Crippen molar-refractivity contribution in [3.05, 3.63) is 35.6 Å². The third-order valence-corrected chi connectivity index (χ3v) is 3.20. The van der Waals surface area contributed by atoms with Crippen molar-refractivity contribution in [2.24, 2.45) is 5.41 Å². The lowest BCUT2D eigenvalue weighted by molar-refractivity contribution is 0.150. The van der Waals surface area contributed by atoms with Crippen molar-refractivity contribution in [2.75, 3.05) is 26.8 Å². The van der Waals surface area contributed by atoms with Crippen LogP contribution in [0.3, 0.4) is 0 Å². The van der Waals surface area contributed by atoms with Crippen LogP contribution in [-0.4, -0.2) is 26.8 Å². The van der Waals surface area contributed by atoms with Crippen molar-refractivity contribution >= 4 is 0 Å². The van der Waals surface area contributed by atoms with Crippen LogP contribution in [0.4, 0.5) is 4.39 Å². The Morgan fingerprint density at radius 2 is 2.38 bits per heavy atom. The average molecular weight is 223 g/mol.